The highest BCUT2D eigenvalue weighted by Crippen LogP contribution is 2.37. The third-order valence-corrected chi connectivity index (χ3v) is 4.67. The van der Waals surface area contributed by atoms with Crippen LogP contribution in [0.1, 0.15) is 17.0 Å². The number of imidazole rings is 1. The molecule has 164 valence electrons. The van der Waals surface area contributed by atoms with Crippen LogP contribution in [0.25, 0.3) is 22.7 Å². The number of H-pyrrole nitrogens is 1. The summed E-state index contributed by atoms with van der Waals surface area (Å²) in [5, 5.41) is 20.7. The van der Waals surface area contributed by atoms with Crippen molar-refractivity contribution in [2.24, 2.45) is 0 Å². The molecule has 0 radical (unpaired) electrons. The summed E-state index contributed by atoms with van der Waals surface area (Å²) in [4.78, 5) is 17.7. The molecule has 0 bridgehead atoms. The number of nitro groups is 1. The van der Waals surface area contributed by atoms with Crippen LogP contribution in [0.3, 0.4) is 0 Å². The van der Waals surface area contributed by atoms with Crippen molar-refractivity contribution in [1.82, 2.24) is 9.97 Å². The van der Waals surface area contributed by atoms with E-state index in [1.807, 2.05) is 24.3 Å². The Kier molecular flexibility index (Phi) is 5.54. The van der Waals surface area contributed by atoms with Gasteiger partial charge in [0.15, 0.2) is 0 Å². The topological polar surface area (TPSA) is 105 Å². The number of alkyl halides is 3. The molecule has 0 saturated heterocycles. The molecule has 0 spiro atoms. The van der Waals surface area contributed by atoms with Gasteiger partial charge >= 0.3 is 11.9 Å². The van der Waals surface area contributed by atoms with Crippen LogP contribution in [0.15, 0.2) is 66.7 Å². The van der Waals surface area contributed by atoms with Crippen molar-refractivity contribution in [3.05, 3.63) is 93.8 Å². The second kappa shape index (κ2) is 8.47. The largest absolute Gasteiger partial charge is 0.450 e. The van der Waals surface area contributed by atoms with Gasteiger partial charge in [-0.25, -0.2) is 4.98 Å². The zero-order valence-corrected chi connectivity index (χ0v) is 16.6. The lowest BCUT2D eigenvalue weighted by Gasteiger charge is -2.10. The lowest BCUT2D eigenvalue weighted by molar-refractivity contribution is -0.385. The zero-order chi connectivity index (χ0) is 23.6. The van der Waals surface area contributed by atoms with Gasteiger partial charge in [0.2, 0.25) is 5.75 Å². The molecule has 0 unspecified atom stereocenters. The molecule has 0 atom stereocenters. The summed E-state index contributed by atoms with van der Waals surface area (Å²) in [5.74, 6) is 0.257. The van der Waals surface area contributed by atoms with Gasteiger partial charge < -0.3 is 9.72 Å². The molecule has 0 aliphatic carbocycles. The summed E-state index contributed by atoms with van der Waals surface area (Å²) in [7, 11) is 0. The van der Waals surface area contributed by atoms with Gasteiger partial charge in [0.05, 0.1) is 27.1 Å². The molecule has 4 rings (SSSR count). The van der Waals surface area contributed by atoms with Crippen LogP contribution in [0.2, 0.25) is 0 Å². The highest BCUT2D eigenvalue weighted by molar-refractivity contribution is 5.90. The third-order valence-electron chi connectivity index (χ3n) is 4.67. The molecule has 10 heteroatoms. The van der Waals surface area contributed by atoms with Crippen molar-refractivity contribution in [3.63, 3.8) is 0 Å². The summed E-state index contributed by atoms with van der Waals surface area (Å²) < 4.78 is 44.0. The molecule has 3 aromatic carbocycles. The molecule has 7 nitrogen and oxygen atoms in total. The molecule has 4 aromatic rings. The Morgan fingerprint density at radius 2 is 1.85 bits per heavy atom. The smallest absolute Gasteiger partial charge is 0.416 e. The van der Waals surface area contributed by atoms with Gasteiger partial charge in [-0.3, -0.25) is 10.1 Å². The Labute approximate surface area is 184 Å². The number of benzene rings is 3. The predicted octanol–water partition coefficient (Wildman–Crippen LogP) is 6.35. The Hall–Kier alpha value is -4.65. The maximum absolute atomic E-state index is 12.9. The van der Waals surface area contributed by atoms with Gasteiger partial charge in [-0.1, -0.05) is 24.3 Å². The number of nitriles is 1. The molecule has 33 heavy (non-hydrogen) atoms. The van der Waals surface area contributed by atoms with E-state index in [9.17, 15) is 28.5 Å². The van der Waals surface area contributed by atoms with Crippen LogP contribution < -0.4 is 4.74 Å². The van der Waals surface area contributed by atoms with Crippen molar-refractivity contribution < 1.29 is 22.8 Å². The number of nitrogens with zero attached hydrogens (tertiary/aromatic N) is 3. The minimum atomic E-state index is -4.71. The first-order valence-corrected chi connectivity index (χ1v) is 9.45. The number of para-hydroxylation sites is 2. The van der Waals surface area contributed by atoms with Crippen LogP contribution in [-0.2, 0) is 6.18 Å². The van der Waals surface area contributed by atoms with Crippen molar-refractivity contribution in [3.8, 4) is 17.6 Å². The second-order valence-corrected chi connectivity index (χ2v) is 6.88. The fraction of sp³-hybridized carbons (Fsp3) is 0.0435. The Morgan fingerprint density at radius 3 is 2.48 bits per heavy atom. The number of nitrogens with one attached hydrogen (secondary N) is 1. The van der Waals surface area contributed by atoms with E-state index < -0.39 is 22.4 Å². The lowest BCUT2D eigenvalue weighted by atomic mass is 10.1. The van der Waals surface area contributed by atoms with Crippen LogP contribution in [0.5, 0.6) is 11.5 Å². The maximum atomic E-state index is 12.9. The lowest BCUT2D eigenvalue weighted by Crippen LogP contribution is -2.06. The number of aromatic nitrogens is 2. The maximum Gasteiger partial charge on any atom is 0.416 e. The second-order valence-electron chi connectivity index (χ2n) is 6.88. The first-order valence-electron chi connectivity index (χ1n) is 9.45. The average Bonchev–Trinajstić information content (AvgIpc) is 3.22. The minimum Gasteiger partial charge on any atom is -0.450 e. The summed E-state index contributed by atoms with van der Waals surface area (Å²) in [6, 6.07) is 17.7. The number of allylic oxidation sites excluding steroid dienone is 1. The van der Waals surface area contributed by atoms with Crippen LogP contribution in [-0.4, -0.2) is 14.9 Å². The first-order chi connectivity index (χ1) is 15.7. The summed E-state index contributed by atoms with van der Waals surface area (Å²) in [5.41, 5.74) is 0.479. The highest BCUT2D eigenvalue weighted by Gasteiger charge is 2.33. The molecular weight excluding hydrogens is 437 g/mol. The van der Waals surface area contributed by atoms with E-state index in [1.165, 1.54) is 12.1 Å². The van der Waals surface area contributed by atoms with Crippen LogP contribution >= 0.6 is 0 Å². The first kappa shape index (κ1) is 21.6. The monoisotopic (exact) mass is 450 g/mol. The van der Waals surface area contributed by atoms with Crippen LogP contribution in [0.4, 0.5) is 18.9 Å². The molecular formula is C23H13F3N4O3. The van der Waals surface area contributed by atoms with Crippen molar-refractivity contribution >= 4 is 28.4 Å². The van der Waals surface area contributed by atoms with E-state index in [0.717, 1.165) is 17.1 Å². The van der Waals surface area contributed by atoms with E-state index in [1.54, 1.807) is 18.2 Å². The molecule has 0 aliphatic heterocycles. The molecule has 0 saturated carbocycles. The predicted molar refractivity (Wildman–Crippen MR) is 114 cm³/mol. The number of hydrogen-bond acceptors (Lipinski definition) is 5. The Morgan fingerprint density at radius 1 is 1.12 bits per heavy atom. The number of aromatic amines is 1. The van der Waals surface area contributed by atoms with E-state index in [4.69, 9.17) is 4.74 Å². The minimum absolute atomic E-state index is 0.178. The number of fused-ring (bicyclic) bond motifs is 1. The summed E-state index contributed by atoms with van der Waals surface area (Å²) >= 11 is 0. The Bertz CT molecular complexity index is 1380. The molecule has 1 N–H and O–H groups in total. The summed E-state index contributed by atoms with van der Waals surface area (Å²) in [6.45, 7) is 0. The Balaban J connectivity index is 1.58. The molecule has 0 aliphatic rings. The van der Waals surface area contributed by atoms with Crippen molar-refractivity contribution in [1.29, 1.82) is 5.26 Å². The van der Waals surface area contributed by atoms with Gasteiger partial charge in [0.1, 0.15) is 17.6 Å². The number of nitro benzene ring substituents is 1. The SMILES string of the molecule is N#C/C(=C\c1ccc(Oc2ccc(C(F)(F)F)cc2[N+](=O)[O-])cc1)c1nc2ccccc2[nH]1. The standard InChI is InChI=1S/C23H13F3N4O3/c24-23(25,26)16-7-10-21(20(12-16)30(31)32)33-17-8-5-14(6-9-17)11-15(13-27)22-28-18-3-1-2-4-19(18)29-22/h1-12H,(H,28,29)/b15-11+. The zero-order valence-electron chi connectivity index (χ0n) is 16.6. The van der Waals surface area contributed by atoms with Gasteiger partial charge in [0, 0.05) is 6.07 Å². The molecule has 1 aromatic heterocycles. The average molecular weight is 450 g/mol. The van der Waals surface area contributed by atoms with Gasteiger partial charge in [-0.2, -0.15) is 18.4 Å². The van der Waals surface area contributed by atoms with Gasteiger partial charge in [-0.05, 0) is 48.0 Å². The van der Waals surface area contributed by atoms with E-state index in [2.05, 4.69) is 16.0 Å². The third kappa shape index (κ3) is 4.67. The number of ether oxygens (including phenoxy) is 1. The fourth-order valence-electron chi connectivity index (χ4n) is 3.08. The van der Waals surface area contributed by atoms with E-state index >= 15 is 0 Å². The fourth-order valence-corrected chi connectivity index (χ4v) is 3.08. The van der Waals surface area contributed by atoms with Crippen molar-refractivity contribution in [2.45, 2.75) is 6.18 Å². The normalized spacial score (nSPS) is 11.9. The van der Waals surface area contributed by atoms with Gasteiger partial charge in [-0.15, -0.1) is 0 Å². The van der Waals surface area contributed by atoms with Crippen LogP contribution in [0, 0.1) is 21.4 Å². The molecule has 0 fully saturated rings. The van der Waals surface area contributed by atoms with E-state index in [-0.39, 0.29) is 11.5 Å². The quantitative estimate of drug-likeness (QED) is 0.217. The number of rotatable bonds is 5. The van der Waals surface area contributed by atoms with E-state index in [0.29, 0.717) is 29.1 Å². The molecule has 0 amide bonds. The number of hydrogen-bond donors (Lipinski definition) is 1. The number of halogens is 3. The molecule has 1 heterocycles. The summed E-state index contributed by atoms with van der Waals surface area (Å²) in [6.07, 6.45) is -3.11. The van der Waals surface area contributed by atoms with Crippen molar-refractivity contribution in [2.75, 3.05) is 0 Å². The van der Waals surface area contributed by atoms with Gasteiger partial charge in [0.25, 0.3) is 0 Å². The highest BCUT2D eigenvalue weighted by atomic mass is 19.4.